The summed E-state index contributed by atoms with van der Waals surface area (Å²) in [5.74, 6) is -1.94. The highest BCUT2D eigenvalue weighted by molar-refractivity contribution is 9.10. The summed E-state index contributed by atoms with van der Waals surface area (Å²) in [4.78, 5) is 11.6. The first-order chi connectivity index (χ1) is 10.3. The predicted molar refractivity (Wildman–Crippen MR) is 81.6 cm³/mol. The molecule has 0 saturated carbocycles. The van der Waals surface area contributed by atoms with E-state index in [0.29, 0.717) is 4.47 Å². The van der Waals surface area contributed by atoms with E-state index in [-0.39, 0.29) is 11.4 Å². The van der Waals surface area contributed by atoms with Crippen LogP contribution < -0.4 is 15.6 Å². The summed E-state index contributed by atoms with van der Waals surface area (Å²) in [6.07, 6.45) is 1.08. The van der Waals surface area contributed by atoms with E-state index in [1.807, 2.05) is 4.72 Å². The zero-order valence-electron chi connectivity index (χ0n) is 11.0. The molecule has 2 aromatic rings. The minimum atomic E-state index is -2.74. The smallest absolute Gasteiger partial charge is 0.288 e. The van der Waals surface area contributed by atoms with Crippen LogP contribution in [0.25, 0.3) is 0 Å². The standard InChI is InChI=1S/C12H10BrF2N3O3S/c1-18-5-9(17-22(20)21)11(10(15)12(18)19)16-8-3-2-6(13)4-7(8)14/h2-5,16-17H,1H3,(H,20,21)/p-1. The number of anilines is 3. The first-order valence-corrected chi connectivity index (χ1v) is 7.63. The lowest BCUT2D eigenvalue weighted by atomic mass is 10.2. The van der Waals surface area contributed by atoms with Crippen LogP contribution in [-0.2, 0) is 18.3 Å². The molecule has 22 heavy (non-hydrogen) atoms. The highest BCUT2D eigenvalue weighted by Crippen LogP contribution is 2.29. The lowest BCUT2D eigenvalue weighted by Crippen LogP contribution is -2.23. The summed E-state index contributed by atoms with van der Waals surface area (Å²) in [5, 5.41) is 2.39. The first kappa shape index (κ1) is 16.6. The van der Waals surface area contributed by atoms with Gasteiger partial charge in [-0.2, -0.15) is 4.39 Å². The maximum atomic E-state index is 14.1. The molecule has 0 spiro atoms. The number of benzene rings is 1. The molecule has 0 saturated heterocycles. The van der Waals surface area contributed by atoms with Crippen molar-refractivity contribution in [2.24, 2.45) is 7.05 Å². The molecule has 0 bridgehead atoms. The molecule has 10 heteroatoms. The Balaban J connectivity index is 2.55. The number of hydrogen-bond donors (Lipinski definition) is 2. The minimum Gasteiger partial charge on any atom is -0.755 e. The third-order valence-corrected chi connectivity index (χ3v) is 3.58. The quantitative estimate of drug-likeness (QED) is 0.782. The maximum Gasteiger partial charge on any atom is 0.288 e. The zero-order chi connectivity index (χ0) is 16.4. The second-order valence-corrected chi connectivity index (χ2v) is 5.82. The van der Waals surface area contributed by atoms with Crippen LogP contribution in [0.3, 0.4) is 0 Å². The third-order valence-electron chi connectivity index (χ3n) is 2.70. The Hall–Kier alpha value is -1.78. The highest BCUT2D eigenvalue weighted by Gasteiger charge is 2.16. The molecule has 1 atom stereocenters. The van der Waals surface area contributed by atoms with Gasteiger partial charge >= 0.3 is 0 Å². The van der Waals surface area contributed by atoms with Gasteiger partial charge in [0.25, 0.3) is 5.56 Å². The van der Waals surface area contributed by atoms with Crippen molar-refractivity contribution in [1.29, 1.82) is 0 Å². The fourth-order valence-electron chi connectivity index (χ4n) is 1.71. The van der Waals surface area contributed by atoms with Crippen LogP contribution in [0.15, 0.2) is 33.7 Å². The van der Waals surface area contributed by atoms with Crippen LogP contribution in [0.1, 0.15) is 0 Å². The van der Waals surface area contributed by atoms with Crippen LogP contribution in [-0.4, -0.2) is 13.3 Å². The molecule has 1 aromatic carbocycles. The van der Waals surface area contributed by atoms with Gasteiger partial charge in [0.15, 0.2) is 0 Å². The number of pyridine rings is 1. The Morgan fingerprint density at radius 3 is 2.59 bits per heavy atom. The minimum absolute atomic E-state index is 0.116. The Morgan fingerprint density at radius 2 is 2.00 bits per heavy atom. The summed E-state index contributed by atoms with van der Waals surface area (Å²) in [6, 6.07) is 3.96. The molecule has 0 fully saturated rings. The maximum absolute atomic E-state index is 14.1. The summed E-state index contributed by atoms with van der Waals surface area (Å²) in [7, 11) is 1.26. The number of nitrogens with one attached hydrogen (secondary N) is 2. The van der Waals surface area contributed by atoms with Gasteiger partial charge in [-0.3, -0.25) is 9.00 Å². The molecule has 1 unspecified atom stereocenters. The molecular weight excluding hydrogens is 384 g/mol. The average molecular weight is 393 g/mol. The molecule has 2 rings (SSSR count). The van der Waals surface area contributed by atoms with Gasteiger partial charge in [-0.1, -0.05) is 15.9 Å². The van der Waals surface area contributed by atoms with Crippen LogP contribution in [0.5, 0.6) is 0 Å². The summed E-state index contributed by atoms with van der Waals surface area (Å²) in [5.41, 5.74) is -1.79. The van der Waals surface area contributed by atoms with Crippen LogP contribution in [0, 0.1) is 11.6 Å². The van der Waals surface area contributed by atoms with Crippen LogP contribution in [0.2, 0.25) is 0 Å². The highest BCUT2D eigenvalue weighted by atomic mass is 79.9. The van der Waals surface area contributed by atoms with E-state index >= 15 is 0 Å². The lowest BCUT2D eigenvalue weighted by Gasteiger charge is -2.17. The summed E-state index contributed by atoms with van der Waals surface area (Å²) in [6.45, 7) is 0. The largest absolute Gasteiger partial charge is 0.755 e. The molecule has 6 nitrogen and oxygen atoms in total. The number of rotatable bonds is 4. The van der Waals surface area contributed by atoms with Gasteiger partial charge in [0.2, 0.25) is 5.82 Å². The second-order valence-electron chi connectivity index (χ2n) is 4.23. The SMILES string of the molecule is Cn1cc(NS(=O)[O-])c(Nc2ccc(Br)cc2F)c(F)c1=O. The Kier molecular flexibility index (Phi) is 4.94. The van der Waals surface area contributed by atoms with Crippen molar-refractivity contribution in [2.75, 3.05) is 10.0 Å². The third kappa shape index (κ3) is 3.51. The van der Waals surface area contributed by atoms with E-state index in [1.54, 1.807) is 0 Å². The molecule has 1 heterocycles. The number of hydrogen-bond acceptors (Lipinski definition) is 4. The van der Waals surface area contributed by atoms with Gasteiger partial charge in [0, 0.05) is 29.0 Å². The molecule has 1 aromatic heterocycles. The number of halogens is 3. The summed E-state index contributed by atoms with van der Waals surface area (Å²) < 4.78 is 52.7. The van der Waals surface area contributed by atoms with E-state index in [1.165, 1.54) is 19.2 Å². The predicted octanol–water partition coefficient (Wildman–Crippen LogP) is 2.38. The van der Waals surface area contributed by atoms with Crippen molar-refractivity contribution in [3.05, 3.63) is 50.9 Å². The number of aryl methyl sites for hydroxylation is 1. The fourth-order valence-corrected chi connectivity index (χ4v) is 2.38. The van der Waals surface area contributed by atoms with Crippen molar-refractivity contribution in [1.82, 2.24) is 4.57 Å². The van der Waals surface area contributed by atoms with Gasteiger partial charge < -0.3 is 19.2 Å². The topological polar surface area (TPSA) is 86.2 Å². The molecule has 0 aliphatic carbocycles. The van der Waals surface area contributed by atoms with Crippen LogP contribution >= 0.6 is 15.9 Å². The average Bonchev–Trinajstić information content (AvgIpc) is 2.42. The van der Waals surface area contributed by atoms with E-state index in [9.17, 15) is 22.3 Å². The molecule has 0 aliphatic heterocycles. The van der Waals surface area contributed by atoms with Crippen LogP contribution in [0.4, 0.5) is 25.8 Å². The lowest BCUT2D eigenvalue weighted by molar-refractivity contribution is 0.542. The van der Waals surface area contributed by atoms with Crippen molar-refractivity contribution < 1.29 is 17.5 Å². The molecular formula is C12H9BrF2N3O3S-. The fraction of sp³-hybridized carbons (Fsp3) is 0.0833. The second kappa shape index (κ2) is 6.55. The summed E-state index contributed by atoms with van der Waals surface area (Å²) >= 11 is 0.335. The normalized spacial score (nSPS) is 12.0. The molecule has 0 amide bonds. The molecule has 0 aliphatic rings. The number of aromatic nitrogens is 1. The van der Waals surface area contributed by atoms with Gasteiger partial charge in [-0.25, -0.2) is 4.39 Å². The van der Waals surface area contributed by atoms with Gasteiger partial charge in [-0.05, 0) is 18.2 Å². The number of nitrogens with zero attached hydrogens (tertiary/aromatic N) is 1. The van der Waals surface area contributed by atoms with E-state index < -0.39 is 34.1 Å². The van der Waals surface area contributed by atoms with Gasteiger partial charge in [0.1, 0.15) is 11.5 Å². The van der Waals surface area contributed by atoms with E-state index in [0.717, 1.165) is 16.8 Å². The molecule has 118 valence electrons. The van der Waals surface area contributed by atoms with Crippen molar-refractivity contribution in [3.63, 3.8) is 0 Å². The van der Waals surface area contributed by atoms with Crippen molar-refractivity contribution in [2.45, 2.75) is 0 Å². The van der Waals surface area contributed by atoms with E-state index in [2.05, 4.69) is 21.2 Å². The van der Waals surface area contributed by atoms with E-state index in [4.69, 9.17) is 0 Å². The van der Waals surface area contributed by atoms with Gasteiger partial charge in [-0.15, -0.1) is 0 Å². The zero-order valence-corrected chi connectivity index (χ0v) is 13.4. The molecule has 2 N–H and O–H groups in total. The Bertz CT molecular complexity index is 813. The van der Waals surface area contributed by atoms with Crippen molar-refractivity contribution in [3.8, 4) is 0 Å². The Labute approximate surface area is 134 Å². The van der Waals surface area contributed by atoms with Crippen molar-refractivity contribution >= 4 is 44.3 Å². The Morgan fingerprint density at radius 1 is 1.32 bits per heavy atom. The van der Waals surface area contributed by atoms with Gasteiger partial charge in [0.05, 0.1) is 11.4 Å². The monoisotopic (exact) mass is 392 g/mol. The molecule has 0 radical (unpaired) electrons. The first-order valence-electron chi connectivity index (χ1n) is 5.76.